The van der Waals surface area contributed by atoms with Gasteiger partial charge in [-0.25, -0.2) is 20.0 Å². The Hall–Kier alpha value is -4.78. The number of esters is 2. The molecule has 9 heteroatoms. The predicted molar refractivity (Wildman–Crippen MR) is 158 cm³/mol. The number of carbonyl (C=O) groups excluding carboxylic acids is 4. The highest BCUT2D eigenvalue weighted by atomic mass is 31.2. The lowest BCUT2D eigenvalue weighted by Crippen LogP contribution is -2.58. The summed E-state index contributed by atoms with van der Waals surface area (Å²) in [7, 11) is 2.41. The molecule has 0 fully saturated rings. The maximum atomic E-state index is 14.0. The first-order valence-electron chi connectivity index (χ1n) is 12.8. The van der Waals surface area contributed by atoms with E-state index < -0.39 is 36.7 Å². The fourth-order valence-electron chi connectivity index (χ4n) is 5.15. The van der Waals surface area contributed by atoms with Crippen molar-refractivity contribution in [2.45, 2.75) is 6.04 Å². The molecule has 206 valence electrons. The average molecular weight is 567 g/mol. The lowest BCUT2D eigenvalue weighted by Gasteiger charge is -2.35. The number of nitrogens with zero attached hydrogens (tertiary/aromatic N) is 1. The van der Waals surface area contributed by atoms with Gasteiger partial charge in [-0.2, -0.15) is 0 Å². The minimum absolute atomic E-state index is 0.0204. The molecule has 1 heterocycles. The standard InChI is InChI=1S/C32H27N2O6P/c1-39-31(37)27(33-34-29(35)25-20-12-13-21-26(25)30(34)36)28(32(38)40-2)41(22-14-6-3-7-15-22,23-16-8-4-9-17-23)24-18-10-5-11-19-24/h3-21,27,33H,1-2H3. The molecule has 0 radical (unpaired) electrons. The molecule has 1 aliphatic rings. The molecule has 41 heavy (non-hydrogen) atoms. The fourth-order valence-corrected chi connectivity index (χ4v) is 9.65. The van der Waals surface area contributed by atoms with E-state index in [-0.39, 0.29) is 16.4 Å². The largest absolute Gasteiger partial charge is 0.468 e. The second kappa shape index (κ2) is 11.8. The van der Waals surface area contributed by atoms with Gasteiger partial charge in [0.25, 0.3) is 11.8 Å². The first-order chi connectivity index (χ1) is 19.9. The van der Waals surface area contributed by atoms with Gasteiger partial charge in [0.2, 0.25) is 0 Å². The van der Waals surface area contributed by atoms with Crippen molar-refractivity contribution < 1.29 is 28.7 Å². The van der Waals surface area contributed by atoms with Crippen LogP contribution in [0.15, 0.2) is 115 Å². The molecule has 0 saturated heterocycles. The van der Waals surface area contributed by atoms with Gasteiger partial charge in [-0.05, 0) is 34.9 Å². The summed E-state index contributed by atoms with van der Waals surface area (Å²) in [4.78, 5) is 54.4. The van der Waals surface area contributed by atoms with Crippen LogP contribution in [0.5, 0.6) is 0 Å². The molecular weight excluding hydrogens is 539 g/mol. The molecular formula is C32H27N2O6P. The molecule has 2 amide bonds. The number of benzene rings is 4. The van der Waals surface area contributed by atoms with Crippen LogP contribution in [0.4, 0.5) is 0 Å². The van der Waals surface area contributed by atoms with Crippen molar-refractivity contribution in [1.82, 2.24) is 10.4 Å². The number of nitrogens with one attached hydrogen (secondary N) is 1. The summed E-state index contributed by atoms with van der Waals surface area (Å²) in [5.74, 6) is -2.94. The van der Waals surface area contributed by atoms with Crippen molar-refractivity contribution in [3.63, 3.8) is 0 Å². The maximum Gasteiger partial charge on any atom is 0.337 e. The normalized spacial score (nSPS) is 13.4. The van der Waals surface area contributed by atoms with Crippen molar-refractivity contribution in [3.8, 4) is 0 Å². The summed E-state index contributed by atoms with van der Waals surface area (Å²) >= 11 is 0. The number of ether oxygens (including phenoxy) is 2. The molecule has 0 aliphatic carbocycles. The Balaban J connectivity index is 1.89. The van der Waals surface area contributed by atoms with Crippen LogP contribution < -0.4 is 21.3 Å². The lowest BCUT2D eigenvalue weighted by molar-refractivity contribution is -0.143. The van der Waals surface area contributed by atoms with Crippen molar-refractivity contribution in [2.75, 3.05) is 14.2 Å². The van der Waals surface area contributed by atoms with Gasteiger partial charge >= 0.3 is 11.9 Å². The third kappa shape index (κ3) is 4.78. The minimum atomic E-state index is -3.20. The van der Waals surface area contributed by atoms with Crippen LogP contribution >= 0.6 is 6.89 Å². The molecule has 0 saturated carbocycles. The van der Waals surface area contributed by atoms with Crippen LogP contribution in [0.25, 0.3) is 0 Å². The van der Waals surface area contributed by atoms with Gasteiger partial charge in [-0.15, -0.1) is 0 Å². The Kier molecular flexibility index (Phi) is 7.97. The predicted octanol–water partition coefficient (Wildman–Crippen LogP) is 2.67. The first kappa shape index (κ1) is 27.8. The number of imide groups is 1. The number of hydrogen-bond donors (Lipinski definition) is 1. The Labute approximate surface area is 237 Å². The summed E-state index contributed by atoms with van der Waals surface area (Å²) in [6, 6.07) is 32.9. The van der Waals surface area contributed by atoms with Crippen LogP contribution in [-0.2, 0) is 19.1 Å². The molecule has 1 unspecified atom stereocenters. The molecule has 0 bridgehead atoms. The van der Waals surface area contributed by atoms with Crippen molar-refractivity contribution in [2.24, 2.45) is 0 Å². The molecule has 1 aliphatic heterocycles. The van der Waals surface area contributed by atoms with E-state index in [2.05, 4.69) is 5.43 Å². The lowest BCUT2D eigenvalue weighted by atomic mass is 10.1. The van der Waals surface area contributed by atoms with E-state index in [0.717, 1.165) is 20.9 Å². The number of amides is 2. The van der Waals surface area contributed by atoms with E-state index in [9.17, 15) is 19.2 Å². The summed E-state index contributed by atoms with van der Waals surface area (Å²) < 4.78 is 10.5. The highest BCUT2D eigenvalue weighted by Crippen LogP contribution is 2.47. The van der Waals surface area contributed by atoms with E-state index in [1.54, 1.807) is 12.1 Å². The number of rotatable bonds is 8. The highest BCUT2D eigenvalue weighted by molar-refractivity contribution is 7.96. The highest BCUT2D eigenvalue weighted by Gasteiger charge is 2.45. The summed E-state index contributed by atoms with van der Waals surface area (Å²) in [5, 5.41) is 3.07. The molecule has 8 nitrogen and oxygen atoms in total. The summed E-state index contributed by atoms with van der Waals surface area (Å²) in [5.41, 5.74) is 3.16. The second-order valence-electron chi connectivity index (χ2n) is 9.13. The fraction of sp³-hybridized carbons (Fsp3) is 0.0938. The molecule has 5 rings (SSSR count). The van der Waals surface area contributed by atoms with Crippen molar-refractivity contribution in [3.05, 3.63) is 126 Å². The smallest absolute Gasteiger partial charge is 0.337 e. The summed E-state index contributed by atoms with van der Waals surface area (Å²) in [6.45, 7) is -3.20. The van der Waals surface area contributed by atoms with Crippen LogP contribution in [0.2, 0.25) is 0 Å². The third-order valence-electron chi connectivity index (χ3n) is 6.95. The van der Waals surface area contributed by atoms with Crippen LogP contribution in [0.1, 0.15) is 20.7 Å². The number of methoxy groups -OCH3 is 2. The quantitative estimate of drug-likeness (QED) is 0.199. The monoisotopic (exact) mass is 566 g/mol. The van der Waals surface area contributed by atoms with Gasteiger partial charge in [-0.3, -0.25) is 9.59 Å². The van der Waals surface area contributed by atoms with Gasteiger partial charge in [0, 0.05) is 0 Å². The minimum Gasteiger partial charge on any atom is -0.468 e. The molecule has 1 N–H and O–H groups in total. The van der Waals surface area contributed by atoms with Gasteiger partial charge in [-0.1, -0.05) is 103 Å². The average Bonchev–Trinajstić information content (AvgIpc) is 3.28. The molecule has 0 aromatic heterocycles. The Morgan fingerprint density at radius 2 is 1.02 bits per heavy atom. The third-order valence-corrected chi connectivity index (χ3v) is 11.3. The van der Waals surface area contributed by atoms with E-state index in [0.29, 0.717) is 0 Å². The zero-order valence-electron chi connectivity index (χ0n) is 22.4. The SMILES string of the molecule is COC(=O)C(C(NN1C(=O)c2ccccc2C1=O)C(=O)OC)=P(c1ccccc1)(c1ccccc1)c1ccccc1. The van der Waals surface area contributed by atoms with E-state index in [4.69, 9.17) is 9.47 Å². The van der Waals surface area contributed by atoms with E-state index in [1.807, 2.05) is 91.0 Å². The van der Waals surface area contributed by atoms with E-state index >= 15 is 0 Å². The Bertz CT molecular complexity index is 1530. The molecule has 4 aromatic rings. The van der Waals surface area contributed by atoms with Crippen molar-refractivity contribution >= 4 is 51.8 Å². The van der Waals surface area contributed by atoms with Gasteiger partial charge in [0.05, 0.1) is 30.6 Å². The van der Waals surface area contributed by atoms with Gasteiger partial charge in [0.15, 0.2) is 6.04 Å². The number of fused-ring (bicyclic) bond motifs is 1. The molecule has 4 aromatic carbocycles. The Morgan fingerprint density at radius 3 is 1.39 bits per heavy atom. The van der Waals surface area contributed by atoms with Gasteiger partial charge in [0.1, 0.15) is 0 Å². The zero-order valence-corrected chi connectivity index (χ0v) is 23.3. The first-order valence-corrected chi connectivity index (χ1v) is 14.6. The number of carbonyl (C=O) groups is 4. The van der Waals surface area contributed by atoms with Crippen molar-refractivity contribution in [1.29, 1.82) is 0 Å². The zero-order chi connectivity index (χ0) is 29.0. The van der Waals surface area contributed by atoms with E-state index in [1.165, 1.54) is 26.4 Å². The maximum absolute atomic E-state index is 14.0. The Morgan fingerprint density at radius 1 is 0.634 bits per heavy atom. The van der Waals surface area contributed by atoms with Crippen LogP contribution in [0.3, 0.4) is 0 Å². The second-order valence-corrected chi connectivity index (χ2v) is 12.5. The molecule has 1 atom stereocenters. The van der Waals surface area contributed by atoms with Crippen LogP contribution in [-0.4, -0.2) is 54.3 Å². The number of hydrogen-bond acceptors (Lipinski definition) is 7. The topological polar surface area (TPSA) is 102 Å². The molecule has 0 spiro atoms. The number of hydrazine groups is 1. The summed E-state index contributed by atoms with van der Waals surface area (Å²) in [6.07, 6.45) is 0. The van der Waals surface area contributed by atoms with Crippen LogP contribution in [0, 0.1) is 0 Å². The van der Waals surface area contributed by atoms with Gasteiger partial charge < -0.3 is 9.47 Å².